The summed E-state index contributed by atoms with van der Waals surface area (Å²) in [6.45, 7) is 4.01. The van der Waals surface area contributed by atoms with E-state index in [1.807, 2.05) is 7.05 Å². The van der Waals surface area contributed by atoms with E-state index in [-0.39, 0.29) is 0 Å². The minimum atomic E-state index is 0.666. The maximum Gasteiger partial charge on any atom is 0.0700 e. The molecule has 0 saturated carbocycles. The molecule has 0 saturated heterocycles. The van der Waals surface area contributed by atoms with Crippen LogP contribution < -0.4 is 5.32 Å². The van der Waals surface area contributed by atoms with Gasteiger partial charge in [0.2, 0.25) is 0 Å². The highest BCUT2D eigenvalue weighted by atomic mass is 16.5. The van der Waals surface area contributed by atoms with Crippen LogP contribution in [0.15, 0.2) is 30.5 Å². The van der Waals surface area contributed by atoms with Crippen molar-refractivity contribution in [1.29, 1.82) is 0 Å². The van der Waals surface area contributed by atoms with E-state index >= 15 is 0 Å². The number of hydrogen-bond donors (Lipinski definition) is 1. The van der Waals surface area contributed by atoms with Crippen LogP contribution in [0.3, 0.4) is 0 Å². The number of nitrogens with one attached hydrogen (secondary N) is 1. The standard InChI is InChI=1S/C16H24N2O2/c1-17-13-14-5-3-6-16-15(14)7-9-18(16)8-4-10-20-12-11-19-2/h3,5-7,9,17H,4,8,10-13H2,1-2H3. The molecule has 4 nitrogen and oxygen atoms in total. The van der Waals surface area contributed by atoms with Crippen molar-refractivity contribution in [2.24, 2.45) is 0 Å². The van der Waals surface area contributed by atoms with E-state index < -0.39 is 0 Å². The zero-order chi connectivity index (χ0) is 14.2. The Labute approximate surface area is 120 Å². The molecule has 0 atom stereocenters. The summed E-state index contributed by atoms with van der Waals surface area (Å²) < 4.78 is 12.8. The van der Waals surface area contributed by atoms with Gasteiger partial charge in [0.1, 0.15) is 0 Å². The summed E-state index contributed by atoms with van der Waals surface area (Å²) >= 11 is 0. The van der Waals surface area contributed by atoms with Crippen LogP contribution in [0.4, 0.5) is 0 Å². The Kier molecular flexibility index (Phi) is 6.05. The highest BCUT2D eigenvalue weighted by Crippen LogP contribution is 2.20. The molecule has 0 radical (unpaired) electrons. The second kappa shape index (κ2) is 8.04. The lowest BCUT2D eigenvalue weighted by atomic mass is 10.1. The largest absolute Gasteiger partial charge is 0.382 e. The maximum absolute atomic E-state index is 5.50. The lowest BCUT2D eigenvalue weighted by Crippen LogP contribution is -2.06. The first-order valence-electron chi connectivity index (χ1n) is 7.15. The quantitative estimate of drug-likeness (QED) is 0.714. The van der Waals surface area contributed by atoms with Crippen molar-refractivity contribution >= 4 is 10.9 Å². The van der Waals surface area contributed by atoms with Crippen molar-refractivity contribution < 1.29 is 9.47 Å². The molecular formula is C16H24N2O2. The average molecular weight is 276 g/mol. The van der Waals surface area contributed by atoms with Gasteiger partial charge >= 0.3 is 0 Å². The first-order valence-corrected chi connectivity index (χ1v) is 7.15. The number of rotatable bonds is 9. The van der Waals surface area contributed by atoms with E-state index in [1.54, 1.807) is 7.11 Å². The molecule has 0 fully saturated rings. The van der Waals surface area contributed by atoms with Gasteiger partial charge in [-0.25, -0.2) is 0 Å². The van der Waals surface area contributed by atoms with E-state index in [9.17, 15) is 0 Å². The summed E-state index contributed by atoms with van der Waals surface area (Å²) in [5, 5.41) is 4.55. The summed E-state index contributed by atoms with van der Waals surface area (Å²) in [7, 11) is 3.67. The number of hydrogen-bond acceptors (Lipinski definition) is 3. The molecule has 110 valence electrons. The Morgan fingerprint density at radius 2 is 2.05 bits per heavy atom. The minimum Gasteiger partial charge on any atom is -0.382 e. The normalized spacial score (nSPS) is 11.3. The van der Waals surface area contributed by atoms with E-state index in [2.05, 4.69) is 40.3 Å². The third kappa shape index (κ3) is 3.82. The van der Waals surface area contributed by atoms with Crippen LogP contribution in [0.5, 0.6) is 0 Å². The number of aromatic nitrogens is 1. The fourth-order valence-corrected chi connectivity index (χ4v) is 2.41. The molecular weight excluding hydrogens is 252 g/mol. The van der Waals surface area contributed by atoms with Gasteiger partial charge in [0.05, 0.1) is 13.2 Å². The van der Waals surface area contributed by atoms with Crippen LogP contribution in [-0.4, -0.2) is 38.5 Å². The molecule has 0 spiro atoms. The maximum atomic E-state index is 5.50. The Bertz CT molecular complexity index is 522. The van der Waals surface area contributed by atoms with Gasteiger partial charge in [-0.05, 0) is 31.2 Å². The second-order valence-electron chi connectivity index (χ2n) is 4.85. The van der Waals surface area contributed by atoms with Gasteiger partial charge < -0.3 is 19.4 Å². The summed E-state index contributed by atoms with van der Waals surface area (Å²) in [4.78, 5) is 0. The fraction of sp³-hybridized carbons (Fsp3) is 0.500. The van der Waals surface area contributed by atoms with Crippen molar-refractivity contribution in [2.75, 3.05) is 34.0 Å². The Hall–Kier alpha value is -1.36. The smallest absolute Gasteiger partial charge is 0.0700 e. The summed E-state index contributed by atoms with van der Waals surface area (Å²) in [5.41, 5.74) is 2.65. The van der Waals surface area contributed by atoms with Crippen LogP contribution >= 0.6 is 0 Å². The zero-order valence-corrected chi connectivity index (χ0v) is 12.4. The molecule has 0 bridgehead atoms. The number of nitrogens with zero attached hydrogens (tertiary/aromatic N) is 1. The molecule has 0 unspecified atom stereocenters. The monoisotopic (exact) mass is 276 g/mol. The van der Waals surface area contributed by atoms with Crippen molar-refractivity contribution in [1.82, 2.24) is 9.88 Å². The van der Waals surface area contributed by atoms with Crippen LogP contribution in [0.25, 0.3) is 10.9 Å². The molecule has 1 heterocycles. The van der Waals surface area contributed by atoms with Gasteiger partial charge in [0.25, 0.3) is 0 Å². The summed E-state index contributed by atoms with van der Waals surface area (Å²) in [6.07, 6.45) is 3.18. The molecule has 20 heavy (non-hydrogen) atoms. The number of methoxy groups -OCH3 is 1. The summed E-state index contributed by atoms with van der Waals surface area (Å²) in [5.74, 6) is 0. The number of fused-ring (bicyclic) bond motifs is 1. The van der Waals surface area contributed by atoms with E-state index in [4.69, 9.17) is 9.47 Å². The lowest BCUT2D eigenvalue weighted by molar-refractivity contribution is 0.0681. The van der Waals surface area contributed by atoms with E-state index in [0.717, 1.165) is 26.1 Å². The minimum absolute atomic E-state index is 0.666. The lowest BCUT2D eigenvalue weighted by Gasteiger charge is -2.08. The first kappa shape index (κ1) is 15.0. The topological polar surface area (TPSA) is 35.4 Å². The van der Waals surface area contributed by atoms with Crippen LogP contribution in [-0.2, 0) is 22.6 Å². The highest BCUT2D eigenvalue weighted by molar-refractivity contribution is 5.83. The predicted molar refractivity (Wildman–Crippen MR) is 82.0 cm³/mol. The zero-order valence-electron chi connectivity index (χ0n) is 12.4. The van der Waals surface area contributed by atoms with Gasteiger partial charge in [-0.15, -0.1) is 0 Å². The van der Waals surface area contributed by atoms with Gasteiger partial charge in [-0.3, -0.25) is 0 Å². The molecule has 2 aromatic rings. The third-order valence-electron chi connectivity index (χ3n) is 3.39. The molecule has 4 heteroatoms. The van der Waals surface area contributed by atoms with Crippen molar-refractivity contribution in [3.63, 3.8) is 0 Å². The van der Waals surface area contributed by atoms with Crippen LogP contribution in [0.2, 0.25) is 0 Å². The first-order chi connectivity index (χ1) is 9.86. The van der Waals surface area contributed by atoms with Crippen molar-refractivity contribution in [3.05, 3.63) is 36.0 Å². The Morgan fingerprint density at radius 3 is 2.85 bits per heavy atom. The summed E-state index contributed by atoms with van der Waals surface area (Å²) in [6, 6.07) is 8.69. The molecule has 2 rings (SSSR count). The van der Waals surface area contributed by atoms with Gasteiger partial charge in [-0.2, -0.15) is 0 Å². The second-order valence-corrected chi connectivity index (χ2v) is 4.85. The van der Waals surface area contributed by atoms with Crippen molar-refractivity contribution in [3.8, 4) is 0 Å². The molecule has 0 amide bonds. The predicted octanol–water partition coefficient (Wildman–Crippen LogP) is 2.41. The van der Waals surface area contributed by atoms with Gasteiger partial charge in [0, 0.05) is 43.9 Å². The Balaban J connectivity index is 1.92. The molecule has 1 aromatic heterocycles. The van der Waals surface area contributed by atoms with Crippen molar-refractivity contribution in [2.45, 2.75) is 19.5 Å². The molecule has 1 N–H and O–H groups in total. The SMILES string of the molecule is CNCc1cccc2c1ccn2CCCOCCOC. The van der Waals surface area contributed by atoms with Crippen LogP contribution in [0, 0.1) is 0 Å². The van der Waals surface area contributed by atoms with E-state index in [0.29, 0.717) is 13.2 Å². The molecule has 0 aliphatic rings. The molecule has 0 aliphatic heterocycles. The molecule has 1 aromatic carbocycles. The third-order valence-corrected chi connectivity index (χ3v) is 3.39. The fourth-order valence-electron chi connectivity index (χ4n) is 2.41. The van der Waals surface area contributed by atoms with Gasteiger partial charge in [-0.1, -0.05) is 12.1 Å². The highest BCUT2D eigenvalue weighted by Gasteiger charge is 2.04. The number of benzene rings is 1. The Morgan fingerprint density at radius 1 is 1.15 bits per heavy atom. The molecule has 0 aliphatic carbocycles. The average Bonchev–Trinajstić information content (AvgIpc) is 2.87. The number of aryl methyl sites for hydroxylation is 1. The van der Waals surface area contributed by atoms with Crippen LogP contribution in [0.1, 0.15) is 12.0 Å². The van der Waals surface area contributed by atoms with Gasteiger partial charge in [0.15, 0.2) is 0 Å². The number of ether oxygens (including phenoxy) is 2. The van der Waals surface area contributed by atoms with E-state index in [1.165, 1.54) is 16.5 Å².